The topological polar surface area (TPSA) is 75.7 Å². The van der Waals surface area contributed by atoms with E-state index < -0.39 is 36.0 Å². The molecule has 3 rings (SSSR count). The van der Waals surface area contributed by atoms with Crippen LogP contribution in [0.3, 0.4) is 0 Å². The molecule has 0 aliphatic carbocycles. The van der Waals surface area contributed by atoms with E-state index in [1.165, 1.54) is 47.4 Å². The first-order valence-corrected chi connectivity index (χ1v) is 9.80. The first-order valence-electron chi connectivity index (χ1n) is 9.80. The minimum atomic E-state index is -0.627. The SMILES string of the molecule is CCOC(=O)C1=C(C)N(CC(=O)Nc2ccccc2F)C(=O)CC1c1ccc(F)cc1. The van der Waals surface area contributed by atoms with E-state index >= 15 is 0 Å². The number of hydrogen-bond acceptors (Lipinski definition) is 4. The lowest BCUT2D eigenvalue weighted by Crippen LogP contribution is -2.42. The van der Waals surface area contributed by atoms with E-state index in [1.807, 2.05) is 0 Å². The van der Waals surface area contributed by atoms with Crippen molar-refractivity contribution in [2.24, 2.45) is 0 Å². The number of esters is 1. The number of hydrogen-bond donors (Lipinski definition) is 1. The molecule has 2 aromatic carbocycles. The Hall–Kier alpha value is -3.55. The highest BCUT2D eigenvalue weighted by atomic mass is 19.1. The molecule has 1 aliphatic heterocycles. The van der Waals surface area contributed by atoms with Gasteiger partial charge >= 0.3 is 5.97 Å². The Balaban J connectivity index is 1.91. The van der Waals surface area contributed by atoms with Crippen molar-refractivity contribution >= 4 is 23.5 Å². The van der Waals surface area contributed by atoms with Crippen LogP contribution in [0.2, 0.25) is 0 Å². The van der Waals surface area contributed by atoms with E-state index in [4.69, 9.17) is 4.74 Å². The molecule has 1 unspecified atom stereocenters. The summed E-state index contributed by atoms with van der Waals surface area (Å²) in [6.45, 7) is 2.95. The third kappa shape index (κ3) is 4.96. The Morgan fingerprint density at radius 1 is 1.13 bits per heavy atom. The number of halogens is 2. The van der Waals surface area contributed by atoms with E-state index in [-0.39, 0.29) is 35.9 Å². The van der Waals surface area contributed by atoms with E-state index in [2.05, 4.69) is 5.32 Å². The van der Waals surface area contributed by atoms with Crippen LogP contribution in [0.25, 0.3) is 0 Å². The molecular weight excluding hydrogens is 406 g/mol. The van der Waals surface area contributed by atoms with Crippen LogP contribution >= 0.6 is 0 Å². The number of anilines is 1. The number of ether oxygens (including phenoxy) is 1. The Morgan fingerprint density at radius 3 is 2.45 bits per heavy atom. The summed E-state index contributed by atoms with van der Waals surface area (Å²) in [4.78, 5) is 39.2. The van der Waals surface area contributed by atoms with Gasteiger partial charge in [-0.3, -0.25) is 9.59 Å². The summed E-state index contributed by atoms with van der Waals surface area (Å²) < 4.78 is 32.3. The van der Waals surface area contributed by atoms with Crippen molar-refractivity contribution in [1.29, 1.82) is 0 Å². The van der Waals surface area contributed by atoms with Gasteiger partial charge in [-0.05, 0) is 43.7 Å². The maximum absolute atomic E-state index is 13.8. The second-order valence-electron chi connectivity index (χ2n) is 7.04. The van der Waals surface area contributed by atoms with Gasteiger partial charge in [-0.2, -0.15) is 0 Å². The number of rotatable bonds is 6. The molecule has 0 saturated heterocycles. The summed E-state index contributed by atoms with van der Waals surface area (Å²) in [5.74, 6) is -3.27. The molecule has 6 nitrogen and oxygen atoms in total. The lowest BCUT2D eigenvalue weighted by molar-refractivity contribution is -0.140. The van der Waals surface area contributed by atoms with Crippen molar-refractivity contribution in [2.75, 3.05) is 18.5 Å². The average molecular weight is 428 g/mol. The molecule has 8 heteroatoms. The molecule has 1 atom stereocenters. The van der Waals surface area contributed by atoms with Gasteiger partial charge in [0.1, 0.15) is 18.2 Å². The maximum atomic E-state index is 13.8. The lowest BCUT2D eigenvalue weighted by Gasteiger charge is -2.34. The van der Waals surface area contributed by atoms with Crippen LogP contribution in [0, 0.1) is 11.6 Å². The number of benzene rings is 2. The maximum Gasteiger partial charge on any atom is 0.336 e. The van der Waals surface area contributed by atoms with Gasteiger partial charge in [0.05, 0.1) is 17.9 Å². The van der Waals surface area contributed by atoms with Gasteiger partial charge < -0.3 is 15.0 Å². The number of carbonyl (C=O) groups is 3. The zero-order chi connectivity index (χ0) is 22.5. The van der Waals surface area contributed by atoms with Crippen LogP contribution in [-0.2, 0) is 19.1 Å². The van der Waals surface area contributed by atoms with Crippen LogP contribution in [0.5, 0.6) is 0 Å². The largest absolute Gasteiger partial charge is 0.463 e. The second kappa shape index (κ2) is 9.51. The van der Waals surface area contributed by atoms with Crippen molar-refractivity contribution in [1.82, 2.24) is 4.90 Å². The molecule has 0 bridgehead atoms. The highest BCUT2D eigenvalue weighted by molar-refractivity contribution is 5.99. The molecule has 0 spiro atoms. The highest BCUT2D eigenvalue weighted by Gasteiger charge is 2.37. The van der Waals surface area contributed by atoms with Crippen molar-refractivity contribution in [3.63, 3.8) is 0 Å². The number of nitrogens with one attached hydrogen (secondary N) is 1. The molecule has 0 radical (unpaired) electrons. The summed E-state index contributed by atoms with van der Waals surface area (Å²) in [5, 5.41) is 2.43. The summed E-state index contributed by atoms with van der Waals surface area (Å²) in [5.41, 5.74) is 1.08. The molecular formula is C23H22F2N2O4. The molecule has 1 aliphatic rings. The van der Waals surface area contributed by atoms with E-state index in [0.717, 1.165) is 0 Å². The fourth-order valence-corrected chi connectivity index (χ4v) is 3.55. The number of nitrogens with zero attached hydrogens (tertiary/aromatic N) is 1. The smallest absolute Gasteiger partial charge is 0.336 e. The van der Waals surface area contributed by atoms with Crippen LogP contribution < -0.4 is 5.32 Å². The second-order valence-corrected chi connectivity index (χ2v) is 7.04. The molecule has 31 heavy (non-hydrogen) atoms. The Labute approximate surface area is 178 Å². The Bertz CT molecular complexity index is 1030. The van der Waals surface area contributed by atoms with Crippen LogP contribution in [0.4, 0.5) is 14.5 Å². The predicted molar refractivity (Wildman–Crippen MR) is 110 cm³/mol. The van der Waals surface area contributed by atoms with Gasteiger partial charge in [-0.25, -0.2) is 13.6 Å². The van der Waals surface area contributed by atoms with Gasteiger partial charge in [0.2, 0.25) is 11.8 Å². The van der Waals surface area contributed by atoms with E-state index in [0.29, 0.717) is 5.56 Å². The monoisotopic (exact) mass is 428 g/mol. The molecule has 162 valence electrons. The number of allylic oxidation sites excluding steroid dienone is 1. The van der Waals surface area contributed by atoms with Gasteiger partial charge in [-0.1, -0.05) is 24.3 Å². The molecule has 2 aromatic rings. The van der Waals surface area contributed by atoms with Crippen LogP contribution in [0.1, 0.15) is 31.7 Å². The Morgan fingerprint density at radius 2 is 1.81 bits per heavy atom. The average Bonchev–Trinajstić information content (AvgIpc) is 2.73. The highest BCUT2D eigenvalue weighted by Crippen LogP contribution is 2.37. The van der Waals surface area contributed by atoms with Crippen molar-refractivity contribution in [3.05, 3.63) is 77.0 Å². The van der Waals surface area contributed by atoms with E-state index in [1.54, 1.807) is 19.9 Å². The first kappa shape index (κ1) is 22.1. The number of para-hydroxylation sites is 1. The van der Waals surface area contributed by atoms with Gasteiger partial charge in [0.25, 0.3) is 0 Å². The molecule has 2 amide bonds. The molecule has 0 fully saturated rings. The fraction of sp³-hybridized carbons (Fsp3) is 0.261. The Kier molecular flexibility index (Phi) is 6.79. The zero-order valence-electron chi connectivity index (χ0n) is 17.2. The zero-order valence-corrected chi connectivity index (χ0v) is 17.2. The fourth-order valence-electron chi connectivity index (χ4n) is 3.55. The minimum absolute atomic E-state index is 0.00611. The normalized spacial score (nSPS) is 16.3. The third-order valence-corrected chi connectivity index (χ3v) is 5.04. The van der Waals surface area contributed by atoms with Crippen LogP contribution in [-0.4, -0.2) is 35.8 Å². The minimum Gasteiger partial charge on any atom is -0.463 e. The molecule has 1 heterocycles. The van der Waals surface area contributed by atoms with Gasteiger partial charge in [0.15, 0.2) is 0 Å². The summed E-state index contributed by atoms with van der Waals surface area (Å²) in [6.07, 6.45) is -0.0932. The van der Waals surface area contributed by atoms with Crippen molar-refractivity contribution < 1.29 is 27.9 Å². The third-order valence-electron chi connectivity index (χ3n) is 5.04. The first-order chi connectivity index (χ1) is 14.8. The molecule has 0 aromatic heterocycles. The molecule has 1 N–H and O–H groups in total. The number of amides is 2. The summed E-state index contributed by atoms with van der Waals surface area (Å²) in [7, 11) is 0. The standard InChI is InChI=1S/C23H22F2N2O4/c1-3-31-23(30)22-14(2)27(13-20(28)26-19-7-5-4-6-18(19)25)21(29)12-17(22)15-8-10-16(24)11-9-15/h4-11,17H,3,12-13H2,1-2H3,(H,26,28). The lowest BCUT2D eigenvalue weighted by atomic mass is 9.83. The van der Waals surface area contributed by atoms with Crippen LogP contribution in [0.15, 0.2) is 59.8 Å². The van der Waals surface area contributed by atoms with Gasteiger partial charge in [-0.15, -0.1) is 0 Å². The van der Waals surface area contributed by atoms with Crippen molar-refractivity contribution in [2.45, 2.75) is 26.2 Å². The summed E-state index contributed by atoms with van der Waals surface area (Å²) in [6, 6.07) is 11.2. The quantitative estimate of drug-likeness (QED) is 0.711. The summed E-state index contributed by atoms with van der Waals surface area (Å²) >= 11 is 0. The van der Waals surface area contributed by atoms with E-state index in [9.17, 15) is 23.2 Å². The van der Waals surface area contributed by atoms with Crippen molar-refractivity contribution in [3.8, 4) is 0 Å². The number of carbonyl (C=O) groups excluding carboxylic acids is 3. The van der Waals surface area contributed by atoms with Gasteiger partial charge in [0, 0.05) is 18.0 Å². The predicted octanol–water partition coefficient (Wildman–Crippen LogP) is 3.76. The molecule has 0 saturated carbocycles.